The van der Waals surface area contributed by atoms with Gasteiger partial charge in [-0.2, -0.15) is 8.78 Å². The van der Waals surface area contributed by atoms with Crippen LogP contribution in [0.25, 0.3) is 27.5 Å². The van der Waals surface area contributed by atoms with Crippen LogP contribution < -0.4 is 4.74 Å². The van der Waals surface area contributed by atoms with Crippen molar-refractivity contribution in [2.24, 2.45) is 0 Å². The second-order valence-corrected chi connectivity index (χ2v) is 13.7. The third kappa shape index (κ3) is 7.41. The lowest BCUT2D eigenvalue weighted by molar-refractivity contribution is -0.150. The van der Waals surface area contributed by atoms with Crippen LogP contribution in [0.5, 0.6) is 5.75 Å². The molecule has 53 heavy (non-hydrogen) atoms. The number of halogens is 10. The first kappa shape index (κ1) is 37.3. The zero-order valence-electron chi connectivity index (χ0n) is 28.5. The zero-order valence-corrected chi connectivity index (χ0v) is 28.5. The van der Waals surface area contributed by atoms with E-state index in [9.17, 15) is 17.6 Å². The van der Waals surface area contributed by atoms with E-state index >= 15 is 26.3 Å². The molecule has 1 aliphatic rings. The second-order valence-electron chi connectivity index (χ2n) is 13.7. The second kappa shape index (κ2) is 13.8. The van der Waals surface area contributed by atoms with Crippen molar-refractivity contribution >= 4 is 16.3 Å². The van der Waals surface area contributed by atoms with Crippen LogP contribution in [-0.2, 0) is 5.41 Å². The quantitative estimate of drug-likeness (QED) is 0.0991. The Hall–Kier alpha value is -5.50. The Balaban J connectivity index is 1.31. The van der Waals surface area contributed by atoms with Crippen molar-refractivity contribution in [3.8, 4) is 28.7 Å². The van der Waals surface area contributed by atoms with Gasteiger partial charge in [-0.05, 0) is 76.4 Å². The number of alkyl halides is 3. The summed E-state index contributed by atoms with van der Waals surface area (Å²) in [6.45, 7) is 6.65. The minimum absolute atomic E-state index is 0.0119. The Kier molecular flexibility index (Phi) is 9.71. The number of rotatable bonds is 5. The van der Waals surface area contributed by atoms with Gasteiger partial charge in [-0.3, -0.25) is 0 Å². The molecule has 0 saturated carbocycles. The van der Waals surface area contributed by atoms with Crippen molar-refractivity contribution in [2.45, 2.75) is 51.8 Å². The molecule has 0 saturated heterocycles. The number of ether oxygens (including phenoxy) is 1. The fourth-order valence-electron chi connectivity index (χ4n) is 6.10. The predicted octanol–water partition coefficient (Wildman–Crippen LogP) is 12.4. The molecule has 1 aliphatic carbocycles. The number of allylic oxidation sites excluding steroid dienone is 3. The Morgan fingerprint density at radius 1 is 0.698 bits per heavy atom. The topological polar surface area (TPSA) is 9.23 Å². The molecule has 11 heteroatoms. The molecule has 1 atom stereocenters. The summed E-state index contributed by atoms with van der Waals surface area (Å²) in [5.41, 5.74) is -1.32. The van der Waals surface area contributed by atoms with Gasteiger partial charge in [-0.25, -0.2) is 35.1 Å². The average Bonchev–Trinajstić information content (AvgIpc) is 3.05. The van der Waals surface area contributed by atoms with E-state index in [-0.39, 0.29) is 33.2 Å². The number of hydrogen-bond donors (Lipinski definition) is 0. The van der Waals surface area contributed by atoms with Gasteiger partial charge in [0.1, 0.15) is 40.8 Å². The van der Waals surface area contributed by atoms with Crippen LogP contribution in [0.15, 0.2) is 90.3 Å². The number of aryl methyl sites for hydroxylation is 1. The SMILES string of the molecule is Cc1ccc(-c2ccc(C3=CC(F)=C(C(F)(F)Oc4cc(F)c(C#Cc5cc(F)c6c(F)c(F)c(F)cc6c5)c(C(C)(C)C)c4)C(F)C3)c(F)c2)cc1. The molecule has 6 rings (SSSR count). The summed E-state index contributed by atoms with van der Waals surface area (Å²) in [6, 6.07) is 15.2. The van der Waals surface area contributed by atoms with Crippen molar-refractivity contribution in [3.63, 3.8) is 0 Å². The molecule has 0 amide bonds. The highest BCUT2D eigenvalue weighted by Crippen LogP contribution is 2.43. The van der Waals surface area contributed by atoms with E-state index in [0.29, 0.717) is 29.3 Å². The van der Waals surface area contributed by atoms with E-state index in [1.807, 2.05) is 19.1 Å². The van der Waals surface area contributed by atoms with Gasteiger partial charge >= 0.3 is 6.11 Å². The van der Waals surface area contributed by atoms with Crippen molar-refractivity contribution in [3.05, 3.63) is 153 Å². The monoisotopic (exact) mass is 738 g/mol. The van der Waals surface area contributed by atoms with E-state index in [0.717, 1.165) is 23.8 Å². The molecule has 0 aromatic heterocycles. The standard InChI is InChI=1S/C42H28F10O/c1-21-5-8-23(9-6-21)24-10-12-28(31(43)15-24)25-16-34(46)38(35(47)17-25)42(51,52)53-27-19-30(41(2,3)4)29(32(44)20-27)11-7-22-13-26-18-36(48)39(49)40(50)37(26)33(45)14-22/h5-6,8-10,12-16,18-20,35H,17H2,1-4H3. The average molecular weight is 739 g/mol. The maximum Gasteiger partial charge on any atom is 0.428 e. The first-order chi connectivity index (χ1) is 24.8. The molecule has 0 fully saturated rings. The highest BCUT2D eigenvalue weighted by molar-refractivity contribution is 5.85. The Bertz CT molecular complexity index is 2410. The lowest BCUT2D eigenvalue weighted by Crippen LogP contribution is -2.34. The summed E-state index contributed by atoms with van der Waals surface area (Å²) in [5.74, 6) is -5.94. The summed E-state index contributed by atoms with van der Waals surface area (Å²) < 4.78 is 154. The van der Waals surface area contributed by atoms with Gasteiger partial charge in [0.2, 0.25) is 0 Å². The molecular formula is C42H28F10O. The molecule has 5 aromatic rings. The first-order valence-corrected chi connectivity index (χ1v) is 16.2. The molecule has 1 nitrogen and oxygen atoms in total. The van der Waals surface area contributed by atoms with Gasteiger partial charge in [0.05, 0.1) is 10.9 Å². The molecule has 272 valence electrons. The largest absolute Gasteiger partial charge is 0.429 e. The fourth-order valence-corrected chi connectivity index (χ4v) is 6.10. The highest BCUT2D eigenvalue weighted by atomic mass is 19.3. The molecule has 0 radical (unpaired) electrons. The minimum Gasteiger partial charge on any atom is -0.429 e. The van der Waals surface area contributed by atoms with Gasteiger partial charge in [0.15, 0.2) is 17.5 Å². The molecule has 0 bridgehead atoms. The summed E-state index contributed by atoms with van der Waals surface area (Å²) in [5, 5.41) is -1.17. The zero-order chi connectivity index (χ0) is 38.6. The molecular weight excluding hydrogens is 710 g/mol. The fraction of sp³-hybridized carbons (Fsp3) is 0.190. The Labute approximate surface area is 298 Å². The highest BCUT2D eigenvalue weighted by Gasteiger charge is 2.47. The van der Waals surface area contributed by atoms with Crippen molar-refractivity contribution in [1.82, 2.24) is 0 Å². The number of hydrogen-bond acceptors (Lipinski definition) is 1. The number of benzene rings is 5. The van der Waals surface area contributed by atoms with Crippen LogP contribution in [0, 0.1) is 53.7 Å². The van der Waals surface area contributed by atoms with Crippen LogP contribution in [0.3, 0.4) is 0 Å². The Morgan fingerprint density at radius 3 is 2.02 bits per heavy atom. The van der Waals surface area contributed by atoms with Crippen LogP contribution in [-0.4, -0.2) is 12.3 Å². The maximum absolute atomic E-state index is 15.6. The molecule has 0 aliphatic heterocycles. The smallest absolute Gasteiger partial charge is 0.428 e. The van der Waals surface area contributed by atoms with E-state index in [2.05, 4.69) is 11.8 Å². The van der Waals surface area contributed by atoms with Crippen LogP contribution in [0.4, 0.5) is 43.9 Å². The maximum atomic E-state index is 15.6. The summed E-state index contributed by atoms with van der Waals surface area (Å²) in [7, 11) is 0. The summed E-state index contributed by atoms with van der Waals surface area (Å²) >= 11 is 0. The van der Waals surface area contributed by atoms with Gasteiger partial charge in [0, 0.05) is 23.6 Å². The molecule has 1 unspecified atom stereocenters. The normalized spacial score (nSPS) is 15.0. The van der Waals surface area contributed by atoms with Crippen molar-refractivity contribution < 1.29 is 48.6 Å². The predicted molar refractivity (Wildman–Crippen MR) is 183 cm³/mol. The van der Waals surface area contributed by atoms with Gasteiger partial charge in [-0.15, -0.1) is 0 Å². The van der Waals surface area contributed by atoms with Gasteiger partial charge in [0.25, 0.3) is 0 Å². The van der Waals surface area contributed by atoms with Crippen LogP contribution in [0.1, 0.15) is 55.0 Å². The molecule has 0 heterocycles. The van der Waals surface area contributed by atoms with Crippen LogP contribution >= 0.6 is 0 Å². The first-order valence-electron chi connectivity index (χ1n) is 16.2. The molecule has 5 aromatic carbocycles. The number of fused-ring (bicyclic) bond motifs is 1. The third-order valence-electron chi connectivity index (χ3n) is 8.76. The molecule has 0 N–H and O–H groups in total. The van der Waals surface area contributed by atoms with E-state index < -0.39 is 81.6 Å². The Morgan fingerprint density at radius 2 is 1.38 bits per heavy atom. The van der Waals surface area contributed by atoms with E-state index in [1.54, 1.807) is 39.0 Å². The molecule has 0 spiro atoms. The van der Waals surface area contributed by atoms with Crippen molar-refractivity contribution in [1.29, 1.82) is 0 Å². The lowest BCUT2D eigenvalue weighted by Gasteiger charge is -2.28. The van der Waals surface area contributed by atoms with Gasteiger partial charge in [-0.1, -0.05) is 74.6 Å². The minimum atomic E-state index is -4.62. The lowest BCUT2D eigenvalue weighted by atomic mass is 9.83. The summed E-state index contributed by atoms with van der Waals surface area (Å²) in [6.07, 6.45) is -7.45. The van der Waals surface area contributed by atoms with Crippen LogP contribution in [0.2, 0.25) is 0 Å². The van der Waals surface area contributed by atoms with Gasteiger partial charge < -0.3 is 4.74 Å². The van der Waals surface area contributed by atoms with E-state index in [4.69, 9.17) is 4.74 Å². The third-order valence-corrected chi connectivity index (χ3v) is 8.76. The summed E-state index contributed by atoms with van der Waals surface area (Å²) in [4.78, 5) is 0. The van der Waals surface area contributed by atoms with E-state index in [1.165, 1.54) is 12.1 Å². The van der Waals surface area contributed by atoms with Crippen molar-refractivity contribution in [2.75, 3.05) is 0 Å².